The van der Waals surface area contributed by atoms with Crippen molar-refractivity contribution in [1.82, 2.24) is 0 Å². The van der Waals surface area contributed by atoms with Crippen molar-refractivity contribution in [3.63, 3.8) is 0 Å². The molecule has 1 aliphatic heterocycles. The standard InChI is InChI=1S/C25H30O7/c1-14(5-4-8-25(2,3)31)6-7-15-9-16(10-20(29)24(15)30)21-13-19(28)23-18(27)11-17(26)12-22(23)32-21/h6,9-12,21,26-27,29-31H,4-5,7-8,13H2,1-3H3. The van der Waals surface area contributed by atoms with Crippen LogP contribution in [-0.2, 0) is 6.42 Å². The van der Waals surface area contributed by atoms with Gasteiger partial charge in [-0.05, 0) is 64.2 Å². The number of benzene rings is 2. The summed E-state index contributed by atoms with van der Waals surface area (Å²) in [5.74, 6) is -1.39. The first kappa shape index (κ1) is 23.5. The van der Waals surface area contributed by atoms with Crippen LogP contribution in [0.2, 0.25) is 0 Å². The number of phenolic OH excluding ortho intramolecular Hbond substituents is 4. The van der Waals surface area contributed by atoms with E-state index in [1.165, 1.54) is 12.1 Å². The Bertz CT molecular complexity index is 1050. The number of aromatic hydroxyl groups is 4. The summed E-state index contributed by atoms with van der Waals surface area (Å²) < 4.78 is 5.84. The molecular formula is C25H30O7. The molecule has 32 heavy (non-hydrogen) atoms. The zero-order chi connectivity index (χ0) is 23.6. The summed E-state index contributed by atoms with van der Waals surface area (Å²) in [6.07, 6.45) is 3.86. The van der Waals surface area contributed by atoms with Crippen LogP contribution in [0.4, 0.5) is 0 Å². The zero-order valence-electron chi connectivity index (χ0n) is 18.6. The SMILES string of the molecule is CC(=CCc1cc(C2CC(=O)c3c(O)cc(O)cc3O2)cc(O)c1O)CCCC(C)(C)O. The Kier molecular flexibility index (Phi) is 6.69. The second-order valence-corrected chi connectivity index (χ2v) is 9.04. The maximum Gasteiger partial charge on any atom is 0.174 e. The minimum atomic E-state index is -0.738. The molecular weight excluding hydrogens is 412 g/mol. The lowest BCUT2D eigenvalue weighted by Crippen LogP contribution is -2.20. The number of carbonyl (C=O) groups excluding carboxylic acids is 1. The van der Waals surface area contributed by atoms with E-state index in [1.807, 2.05) is 13.0 Å². The Morgan fingerprint density at radius 3 is 2.53 bits per heavy atom. The normalized spacial score (nSPS) is 16.6. The predicted octanol–water partition coefficient (Wildman–Crippen LogP) is 4.65. The molecule has 0 saturated carbocycles. The number of allylic oxidation sites excluding steroid dienone is 2. The van der Waals surface area contributed by atoms with Gasteiger partial charge in [-0.1, -0.05) is 11.6 Å². The molecule has 0 bridgehead atoms. The lowest BCUT2D eigenvalue weighted by molar-refractivity contribution is 0.0689. The van der Waals surface area contributed by atoms with Gasteiger partial charge in [0.1, 0.15) is 28.9 Å². The van der Waals surface area contributed by atoms with E-state index in [0.29, 0.717) is 24.0 Å². The van der Waals surface area contributed by atoms with Gasteiger partial charge in [0.05, 0.1) is 12.0 Å². The number of ketones is 1. The maximum atomic E-state index is 12.6. The van der Waals surface area contributed by atoms with Gasteiger partial charge < -0.3 is 30.3 Å². The topological polar surface area (TPSA) is 127 Å². The molecule has 0 fully saturated rings. The number of aliphatic hydroxyl groups is 1. The number of Topliss-reactive ketones (excluding diaryl/α,β-unsaturated/α-hetero) is 1. The van der Waals surface area contributed by atoms with Gasteiger partial charge in [0.2, 0.25) is 0 Å². The van der Waals surface area contributed by atoms with Crippen molar-refractivity contribution >= 4 is 5.78 Å². The molecule has 0 aromatic heterocycles. The third kappa shape index (κ3) is 5.53. The Balaban J connectivity index is 1.80. The van der Waals surface area contributed by atoms with Crippen LogP contribution in [0.3, 0.4) is 0 Å². The van der Waals surface area contributed by atoms with Crippen molar-refractivity contribution in [3.8, 4) is 28.7 Å². The highest BCUT2D eigenvalue weighted by Crippen LogP contribution is 2.43. The average Bonchev–Trinajstić information content (AvgIpc) is 2.67. The van der Waals surface area contributed by atoms with E-state index in [9.17, 15) is 30.3 Å². The lowest BCUT2D eigenvalue weighted by Gasteiger charge is -2.26. The van der Waals surface area contributed by atoms with Crippen molar-refractivity contribution in [2.24, 2.45) is 0 Å². The molecule has 7 heteroatoms. The molecule has 1 heterocycles. The molecule has 172 valence electrons. The van der Waals surface area contributed by atoms with E-state index >= 15 is 0 Å². The first-order valence-electron chi connectivity index (χ1n) is 10.6. The van der Waals surface area contributed by atoms with Crippen molar-refractivity contribution in [1.29, 1.82) is 0 Å². The van der Waals surface area contributed by atoms with Crippen LogP contribution in [0, 0.1) is 0 Å². The summed E-state index contributed by atoms with van der Waals surface area (Å²) in [6, 6.07) is 5.38. The number of hydrogen-bond donors (Lipinski definition) is 5. The maximum absolute atomic E-state index is 12.6. The van der Waals surface area contributed by atoms with Crippen LogP contribution in [0.5, 0.6) is 28.7 Å². The molecule has 3 rings (SSSR count). The van der Waals surface area contributed by atoms with E-state index in [1.54, 1.807) is 19.9 Å². The van der Waals surface area contributed by atoms with Gasteiger partial charge in [0, 0.05) is 17.7 Å². The average molecular weight is 443 g/mol. The van der Waals surface area contributed by atoms with Crippen LogP contribution in [0.1, 0.15) is 74.0 Å². The second kappa shape index (κ2) is 9.12. The summed E-state index contributed by atoms with van der Waals surface area (Å²) in [5.41, 5.74) is 1.41. The number of carbonyl (C=O) groups is 1. The molecule has 0 saturated heterocycles. The summed E-state index contributed by atoms with van der Waals surface area (Å²) in [6.45, 7) is 5.53. The largest absolute Gasteiger partial charge is 0.508 e. The van der Waals surface area contributed by atoms with Crippen molar-refractivity contribution in [2.75, 3.05) is 0 Å². The lowest BCUT2D eigenvalue weighted by atomic mass is 9.93. The third-order valence-corrected chi connectivity index (χ3v) is 5.58. The number of ether oxygens (including phenoxy) is 1. The monoisotopic (exact) mass is 442 g/mol. The molecule has 0 aliphatic carbocycles. The Morgan fingerprint density at radius 1 is 1.12 bits per heavy atom. The number of hydrogen-bond acceptors (Lipinski definition) is 7. The van der Waals surface area contributed by atoms with Gasteiger partial charge in [-0.3, -0.25) is 4.79 Å². The van der Waals surface area contributed by atoms with Crippen molar-refractivity contribution < 1.29 is 35.1 Å². The summed E-state index contributed by atoms with van der Waals surface area (Å²) >= 11 is 0. The van der Waals surface area contributed by atoms with Crippen LogP contribution in [-0.4, -0.2) is 36.9 Å². The van der Waals surface area contributed by atoms with Gasteiger partial charge in [0.25, 0.3) is 0 Å². The Labute approximate surface area is 187 Å². The van der Waals surface area contributed by atoms with E-state index in [0.717, 1.165) is 24.5 Å². The fourth-order valence-corrected chi connectivity index (χ4v) is 3.84. The van der Waals surface area contributed by atoms with Crippen LogP contribution < -0.4 is 4.74 Å². The highest BCUT2D eigenvalue weighted by molar-refractivity contribution is 6.02. The molecule has 0 spiro atoms. The Morgan fingerprint density at radius 2 is 1.84 bits per heavy atom. The highest BCUT2D eigenvalue weighted by atomic mass is 16.5. The summed E-state index contributed by atoms with van der Waals surface area (Å²) in [7, 11) is 0. The van der Waals surface area contributed by atoms with E-state index in [-0.39, 0.29) is 46.5 Å². The van der Waals surface area contributed by atoms with E-state index in [2.05, 4.69) is 0 Å². The smallest absolute Gasteiger partial charge is 0.174 e. The van der Waals surface area contributed by atoms with Gasteiger partial charge in [-0.2, -0.15) is 0 Å². The predicted molar refractivity (Wildman–Crippen MR) is 119 cm³/mol. The third-order valence-electron chi connectivity index (χ3n) is 5.58. The van der Waals surface area contributed by atoms with Crippen molar-refractivity contribution in [2.45, 2.75) is 64.6 Å². The fourth-order valence-electron chi connectivity index (χ4n) is 3.84. The molecule has 2 aromatic carbocycles. The van der Waals surface area contributed by atoms with Crippen LogP contribution in [0.25, 0.3) is 0 Å². The van der Waals surface area contributed by atoms with E-state index < -0.39 is 11.7 Å². The van der Waals surface area contributed by atoms with Gasteiger partial charge >= 0.3 is 0 Å². The fraction of sp³-hybridized carbons (Fsp3) is 0.400. The minimum Gasteiger partial charge on any atom is -0.508 e. The minimum absolute atomic E-state index is 0.0203. The number of fused-ring (bicyclic) bond motifs is 1. The quantitative estimate of drug-likeness (QED) is 0.312. The van der Waals surface area contributed by atoms with Crippen LogP contribution in [0.15, 0.2) is 35.9 Å². The molecule has 1 unspecified atom stereocenters. The molecule has 7 nitrogen and oxygen atoms in total. The van der Waals surface area contributed by atoms with Crippen LogP contribution >= 0.6 is 0 Å². The van der Waals surface area contributed by atoms with Crippen molar-refractivity contribution in [3.05, 3.63) is 52.6 Å². The molecule has 5 N–H and O–H groups in total. The first-order chi connectivity index (χ1) is 14.9. The number of phenols is 4. The molecule has 0 radical (unpaired) electrons. The number of rotatable bonds is 7. The summed E-state index contributed by atoms with van der Waals surface area (Å²) in [5, 5.41) is 50.1. The van der Waals surface area contributed by atoms with Gasteiger partial charge in [-0.25, -0.2) is 0 Å². The molecule has 2 aromatic rings. The van der Waals surface area contributed by atoms with Gasteiger partial charge in [-0.15, -0.1) is 0 Å². The Hall–Kier alpha value is -3.19. The second-order valence-electron chi connectivity index (χ2n) is 9.04. The highest BCUT2D eigenvalue weighted by Gasteiger charge is 2.31. The summed E-state index contributed by atoms with van der Waals surface area (Å²) in [4.78, 5) is 12.6. The molecule has 1 aliphatic rings. The molecule has 1 atom stereocenters. The first-order valence-corrected chi connectivity index (χ1v) is 10.6. The zero-order valence-corrected chi connectivity index (χ0v) is 18.6. The van der Waals surface area contributed by atoms with E-state index in [4.69, 9.17) is 4.74 Å². The molecule has 0 amide bonds. The van der Waals surface area contributed by atoms with Gasteiger partial charge in [0.15, 0.2) is 17.3 Å².